The summed E-state index contributed by atoms with van der Waals surface area (Å²) in [6.07, 6.45) is 1.54. The molecule has 0 aliphatic carbocycles. The average Bonchev–Trinajstić information content (AvgIpc) is 2.80. The van der Waals surface area contributed by atoms with Gasteiger partial charge in [0.05, 0.1) is 15.8 Å². The third-order valence-corrected chi connectivity index (χ3v) is 4.00. The van der Waals surface area contributed by atoms with Crippen LogP contribution in [-0.2, 0) is 0 Å². The molecule has 0 aliphatic rings. The molecule has 3 aromatic rings. The minimum Gasteiger partial charge on any atom is -0.298 e. The number of aryl methyl sites for hydroxylation is 1. The molecule has 3 rings (SSSR count). The summed E-state index contributed by atoms with van der Waals surface area (Å²) >= 11 is 7.33. The molecule has 0 saturated heterocycles. The molecule has 2 heterocycles. The summed E-state index contributed by atoms with van der Waals surface area (Å²) < 4.78 is 1.04. The number of hydrogen-bond donors (Lipinski definition) is 1. The molecule has 0 aliphatic heterocycles. The van der Waals surface area contributed by atoms with Gasteiger partial charge in [-0.1, -0.05) is 29.0 Å². The van der Waals surface area contributed by atoms with Crippen molar-refractivity contribution < 1.29 is 4.79 Å². The van der Waals surface area contributed by atoms with Crippen molar-refractivity contribution in [3.8, 4) is 0 Å². The lowest BCUT2D eigenvalue weighted by atomic mass is 10.2. The van der Waals surface area contributed by atoms with E-state index in [9.17, 15) is 4.79 Å². The van der Waals surface area contributed by atoms with Crippen LogP contribution >= 0.6 is 22.9 Å². The summed E-state index contributed by atoms with van der Waals surface area (Å²) in [6.45, 7) is 2.02. The number of fused-ring (bicyclic) bond motifs is 1. The minimum absolute atomic E-state index is 0.182. The zero-order valence-electron chi connectivity index (χ0n) is 10.6. The van der Waals surface area contributed by atoms with Gasteiger partial charge in [-0.25, -0.2) is 9.97 Å². The molecular formula is C14H10ClN3OS. The number of thiazole rings is 1. The van der Waals surface area contributed by atoms with E-state index in [-0.39, 0.29) is 11.1 Å². The Hall–Kier alpha value is -1.98. The van der Waals surface area contributed by atoms with E-state index in [0.717, 1.165) is 15.8 Å². The summed E-state index contributed by atoms with van der Waals surface area (Å²) in [7, 11) is 0. The zero-order valence-corrected chi connectivity index (χ0v) is 12.1. The van der Waals surface area contributed by atoms with Crippen molar-refractivity contribution in [2.75, 3.05) is 5.32 Å². The molecule has 0 bridgehead atoms. The standard InChI is InChI=1S/C14H10ClN3OS/c1-8-4-5-10-11(7-8)20-14(17-10)18-13(19)9-3-2-6-16-12(9)15/h2-7H,1H3,(H,17,18,19). The third-order valence-electron chi connectivity index (χ3n) is 2.77. The van der Waals surface area contributed by atoms with E-state index in [1.165, 1.54) is 11.3 Å². The van der Waals surface area contributed by atoms with Crippen LogP contribution in [0.5, 0.6) is 0 Å². The minimum atomic E-state index is -0.307. The molecule has 0 saturated carbocycles. The maximum absolute atomic E-state index is 12.1. The molecule has 1 N–H and O–H groups in total. The molecule has 0 radical (unpaired) electrons. The van der Waals surface area contributed by atoms with Gasteiger partial charge in [0.2, 0.25) is 0 Å². The first kappa shape index (κ1) is 13.0. The van der Waals surface area contributed by atoms with Crippen LogP contribution < -0.4 is 5.32 Å². The van der Waals surface area contributed by atoms with E-state index in [0.29, 0.717) is 10.7 Å². The number of halogens is 1. The van der Waals surface area contributed by atoms with Crippen LogP contribution in [0, 0.1) is 6.92 Å². The smallest absolute Gasteiger partial charge is 0.260 e. The lowest BCUT2D eigenvalue weighted by Crippen LogP contribution is -2.12. The van der Waals surface area contributed by atoms with Crippen LogP contribution in [0.1, 0.15) is 15.9 Å². The Bertz CT molecular complexity index is 800. The van der Waals surface area contributed by atoms with Gasteiger partial charge in [0.25, 0.3) is 5.91 Å². The second-order valence-electron chi connectivity index (χ2n) is 4.29. The molecule has 6 heteroatoms. The maximum atomic E-state index is 12.1. The molecule has 0 unspecified atom stereocenters. The summed E-state index contributed by atoms with van der Waals surface area (Å²) in [6, 6.07) is 9.27. The number of hydrogen-bond acceptors (Lipinski definition) is 4. The predicted molar refractivity (Wildman–Crippen MR) is 81.6 cm³/mol. The third kappa shape index (κ3) is 2.50. The Morgan fingerprint density at radius 3 is 3.00 bits per heavy atom. The lowest BCUT2D eigenvalue weighted by Gasteiger charge is -2.02. The number of amides is 1. The van der Waals surface area contributed by atoms with Crippen LogP contribution in [-0.4, -0.2) is 15.9 Å². The Morgan fingerprint density at radius 1 is 1.35 bits per heavy atom. The van der Waals surface area contributed by atoms with Gasteiger partial charge >= 0.3 is 0 Å². The Balaban J connectivity index is 1.89. The number of nitrogens with zero attached hydrogens (tertiary/aromatic N) is 2. The van der Waals surface area contributed by atoms with Gasteiger partial charge in [-0.05, 0) is 36.8 Å². The van der Waals surface area contributed by atoms with Crippen molar-refractivity contribution >= 4 is 44.2 Å². The summed E-state index contributed by atoms with van der Waals surface area (Å²) in [4.78, 5) is 20.4. The highest BCUT2D eigenvalue weighted by atomic mass is 35.5. The molecule has 0 spiro atoms. The number of rotatable bonds is 2. The average molecular weight is 304 g/mol. The molecular weight excluding hydrogens is 294 g/mol. The fourth-order valence-electron chi connectivity index (χ4n) is 1.81. The molecule has 1 aromatic carbocycles. The summed E-state index contributed by atoms with van der Waals surface area (Å²) in [5.41, 5.74) is 2.37. The molecule has 2 aromatic heterocycles. The van der Waals surface area contributed by atoms with Gasteiger partial charge in [-0.3, -0.25) is 10.1 Å². The molecule has 0 fully saturated rings. The van der Waals surface area contributed by atoms with E-state index in [1.54, 1.807) is 18.3 Å². The maximum Gasteiger partial charge on any atom is 0.260 e. The normalized spacial score (nSPS) is 10.7. The van der Waals surface area contributed by atoms with Gasteiger partial charge in [0.15, 0.2) is 5.13 Å². The number of nitrogens with one attached hydrogen (secondary N) is 1. The van der Waals surface area contributed by atoms with Gasteiger partial charge in [0, 0.05) is 6.20 Å². The second-order valence-corrected chi connectivity index (χ2v) is 5.67. The SMILES string of the molecule is Cc1ccc2nc(NC(=O)c3cccnc3Cl)sc2c1. The van der Waals surface area contributed by atoms with Crippen molar-refractivity contribution in [1.82, 2.24) is 9.97 Å². The van der Waals surface area contributed by atoms with Gasteiger partial charge in [0.1, 0.15) is 5.15 Å². The highest BCUT2D eigenvalue weighted by molar-refractivity contribution is 7.22. The van der Waals surface area contributed by atoms with Gasteiger partial charge in [-0.15, -0.1) is 0 Å². The largest absolute Gasteiger partial charge is 0.298 e. The number of pyridine rings is 1. The van der Waals surface area contributed by atoms with Gasteiger partial charge in [-0.2, -0.15) is 0 Å². The number of carbonyl (C=O) groups is 1. The first-order valence-electron chi connectivity index (χ1n) is 5.92. The van der Waals surface area contributed by atoms with Crippen molar-refractivity contribution in [3.05, 3.63) is 52.8 Å². The number of benzene rings is 1. The number of aromatic nitrogens is 2. The Kier molecular flexibility index (Phi) is 3.38. The highest BCUT2D eigenvalue weighted by Gasteiger charge is 2.13. The second kappa shape index (κ2) is 5.19. The van der Waals surface area contributed by atoms with E-state index in [1.807, 2.05) is 25.1 Å². The number of anilines is 1. The van der Waals surface area contributed by atoms with Crippen LogP contribution in [0.4, 0.5) is 5.13 Å². The lowest BCUT2D eigenvalue weighted by molar-refractivity contribution is 0.102. The molecule has 0 atom stereocenters. The van der Waals surface area contributed by atoms with E-state index in [2.05, 4.69) is 15.3 Å². The molecule has 20 heavy (non-hydrogen) atoms. The first-order chi connectivity index (χ1) is 9.63. The first-order valence-corrected chi connectivity index (χ1v) is 7.12. The molecule has 4 nitrogen and oxygen atoms in total. The summed E-state index contributed by atoms with van der Waals surface area (Å²) in [5.74, 6) is -0.307. The molecule has 100 valence electrons. The monoisotopic (exact) mass is 303 g/mol. The van der Waals surface area contributed by atoms with Crippen LogP contribution in [0.15, 0.2) is 36.5 Å². The predicted octanol–water partition coefficient (Wildman–Crippen LogP) is 3.91. The van der Waals surface area contributed by atoms with Crippen molar-refractivity contribution in [1.29, 1.82) is 0 Å². The fraction of sp³-hybridized carbons (Fsp3) is 0.0714. The van der Waals surface area contributed by atoms with E-state index >= 15 is 0 Å². The van der Waals surface area contributed by atoms with Crippen LogP contribution in [0.3, 0.4) is 0 Å². The van der Waals surface area contributed by atoms with Crippen molar-refractivity contribution in [2.24, 2.45) is 0 Å². The zero-order chi connectivity index (χ0) is 14.1. The number of carbonyl (C=O) groups excluding carboxylic acids is 1. The Morgan fingerprint density at radius 2 is 2.20 bits per heavy atom. The molecule has 1 amide bonds. The van der Waals surface area contributed by atoms with Crippen LogP contribution in [0.25, 0.3) is 10.2 Å². The quantitative estimate of drug-likeness (QED) is 0.730. The highest BCUT2D eigenvalue weighted by Crippen LogP contribution is 2.27. The topological polar surface area (TPSA) is 54.9 Å². The van der Waals surface area contributed by atoms with Crippen molar-refractivity contribution in [2.45, 2.75) is 6.92 Å². The van der Waals surface area contributed by atoms with Crippen LogP contribution in [0.2, 0.25) is 5.15 Å². The Labute approximate surface area is 124 Å². The van der Waals surface area contributed by atoms with E-state index in [4.69, 9.17) is 11.6 Å². The van der Waals surface area contributed by atoms with Crippen molar-refractivity contribution in [3.63, 3.8) is 0 Å². The summed E-state index contributed by atoms with van der Waals surface area (Å²) in [5, 5.41) is 3.49. The fourth-order valence-corrected chi connectivity index (χ4v) is 2.97. The van der Waals surface area contributed by atoms with E-state index < -0.39 is 0 Å². The van der Waals surface area contributed by atoms with Gasteiger partial charge < -0.3 is 0 Å².